The smallest absolute Gasteiger partial charge is 0.254 e. The van der Waals surface area contributed by atoms with Crippen molar-refractivity contribution in [1.82, 2.24) is 33.6 Å². The maximum atomic E-state index is 14.8. The molecule has 46 heavy (non-hydrogen) atoms. The quantitative estimate of drug-likeness (QED) is 0.205. The Morgan fingerprint density at radius 3 is 2.17 bits per heavy atom. The second kappa shape index (κ2) is 11.3. The highest BCUT2D eigenvalue weighted by molar-refractivity contribution is 9.11. The number of benzene rings is 1. The number of rotatable bonds is 9. The van der Waals surface area contributed by atoms with Crippen molar-refractivity contribution in [3.63, 3.8) is 0 Å². The van der Waals surface area contributed by atoms with Gasteiger partial charge in [0.1, 0.15) is 15.6 Å². The third-order valence-electron chi connectivity index (χ3n) is 9.18. The summed E-state index contributed by atoms with van der Waals surface area (Å²) in [6.45, 7) is 0.564. The summed E-state index contributed by atoms with van der Waals surface area (Å²) in [6, 6.07) is 11.4. The van der Waals surface area contributed by atoms with Gasteiger partial charge in [0.15, 0.2) is 5.78 Å². The molecule has 1 saturated carbocycles. The lowest BCUT2D eigenvalue weighted by molar-refractivity contribution is -0.132. The first-order valence-corrected chi connectivity index (χ1v) is 17.6. The number of hydrogen-bond donors (Lipinski definition) is 1. The number of hydrogen-bond acceptors (Lipinski definition) is 9. The Balaban J connectivity index is 1.24. The summed E-state index contributed by atoms with van der Waals surface area (Å²) in [6.07, 6.45) is 8.85. The average molecular weight is 722 g/mol. The highest BCUT2D eigenvalue weighted by atomic mass is 79.9. The number of carbonyl (C=O) groups excluding carboxylic acids is 2. The summed E-state index contributed by atoms with van der Waals surface area (Å²) in [5.74, 6) is -0.299. The van der Waals surface area contributed by atoms with Crippen molar-refractivity contribution in [3.05, 3.63) is 99.6 Å². The molecule has 1 amide bonds. The second-order valence-corrected chi connectivity index (χ2v) is 16.6. The van der Waals surface area contributed by atoms with E-state index in [1.54, 1.807) is 66.3 Å². The summed E-state index contributed by atoms with van der Waals surface area (Å²) in [7, 11) is 0.0755. The number of allylic oxidation sites excluding steroid dienone is 1. The first-order valence-electron chi connectivity index (χ1n) is 14.5. The zero-order valence-corrected chi connectivity index (χ0v) is 28.1. The van der Waals surface area contributed by atoms with Gasteiger partial charge in [-0.05, 0) is 52.3 Å². The first kappa shape index (κ1) is 30.5. The predicted octanol–water partition coefficient (Wildman–Crippen LogP) is 2.85. The van der Waals surface area contributed by atoms with Gasteiger partial charge < -0.3 is 14.5 Å². The number of sulfonamides is 1. The fourth-order valence-corrected chi connectivity index (χ4v) is 10.3. The fourth-order valence-electron chi connectivity index (χ4n) is 6.65. The summed E-state index contributed by atoms with van der Waals surface area (Å²) in [5, 5.41) is 12.7. The van der Waals surface area contributed by atoms with Crippen molar-refractivity contribution >= 4 is 49.0 Å². The van der Waals surface area contributed by atoms with E-state index in [0.29, 0.717) is 29.8 Å². The number of thiophene rings is 1. The van der Waals surface area contributed by atoms with Gasteiger partial charge in [-0.2, -0.15) is 9.57 Å². The van der Waals surface area contributed by atoms with Gasteiger partial charge in [-0.15, -0.1) is 11.3 Å². The Morgan fingerprint density at radius 1 is 1.07 bits per heavy atom. The number of halogens is 1. The SMILES string of the molecule is Cn1cncc1CC1(Cc2cncn2C)N/C(=C\C(=O)c2ccc(C#N)cc2)N([C@H]2[C@@H]3CN(S(=O)(=O)c4ccc(Br)s4)C[C@@H]32)C1=O. The molecule has 2 saturated heterocycles. The zero-order valence-electron chi connectivity index (χ0n) is 24.9. The van der Waals surface area contributed by atoms with Crippen LogP contribution in [0.15, 0.2) is 81.3 Å². The van der Waals surface area contributed by atoms with Crippen molar-refractivity contribution in [2.45, 2.75) is 28.6 Å². The maximum absolute atomic E-state index is 14.8. The molecule has 0 radical (unpaired) electrons. The number of nitrogens with one attached hydrogen (secondary N) is 1. The molecule has 5 heterocycles. The Hall–Kier alpha value is -4.10. The van der Waals surface area contributed by atoms with Crippen molar-refractivity contribution < 1.29 is 18.0 Å². The van der Waals surface area contributed by atoms with E-state index in [2.05, 4.69) is 37.3 Å². The molecule has 0 bridgehead atoms. The molecule has 2 aliphatic heterocycles. The number of nitrogens with zero attached hydrogens (tertiary/aromatic N) is 7. The lowest BCUT2D eigenvalue weighted by Crippen LogP contribution is -2.51. The standard InChI is InChI=1S/C31H29BrN8O4S2/c1-37-17-34-13-21(37)10-31(11-22-14-35-18-38(22)2)30(42)40(27(36-31)9-25(41)20-5-3-19(12-33)4-6-20)29-23-15-39(16-24(23)29)46(43,44)28-8-7-26(32)45-28/h3-9,13-14,17-18,23-24,29,36H,10-11,15-16H2,1-2H3/b27-9+/t23-,24+,29+. The van der Waals surface area contributed by atoms with Gasteiger partial charge in [0, 0.05) is 93.3 Å². The Morgan fingerprint density at radius 2 is 1.67 bits per heavy atom. The molecule has 0 unspecified atom stereocenters. The molecule has 12 nitrogen and oxygen atoms in total. The average Bonchev–Trinajstić information content (AvgIpc) is 3.67. The van der Waals surface area contributed by atoms with Crippen LogP contribution < -0.4 is 5.32 Å². The lowest BCUT2D eigenvalue weighted by atomic mass is 9.88. The van der Waals surface area contributed by atoms with Gasteiger partial charge in [0.05, 0.1) is 28.1 Å². The molecule has 0 spiro atoms. The van der Waals surface area contributed by atoms with Gasteiger partial charge in [0.25, 0.3) is 15.9 Å². The first-order chi connectivity index (χ1) is 22.0. The van der Waals surface area contributed by atoms with Crippen LogP contribution in [-0.2, 0) is 41.8 Å². The molecule has 3 aromatic heterocycles. The highest BCUT2D eigenvalue weighted by Gasteiger charge is 2.65. The molecule has 7 rings (SSSR count). The predicted molar refractivity (Wildman–Crippen MR) is 172 cm³/mol. The van der Waals surface area contributed by atoms with E-state index >= 15 is 0 Å². The molecule has 1 aromatic carbocycles. The Kier molecular flexibility index (Phi) is 7.51. The largest absolute Gasteiger partial charge is 0.356 e. The number of carbonyl (C=O) groups is 2. The van der Waals surface area contributed by atoms with Crippen molar-refractivity contribution in [3.8, 4) is 6.07 Å². The van der Waals surface area contributed by atoms with E-state index in [4.69, 9.17) is 0 Å². The molecule has 3 aliphatic rings. The minimum atomic E-state index is -3.66. The fraction of sp³-hybridized carbons (Fsp3) is 0.323. The second-order valence-electron chi connectivity index (χ2n) is 12.0. The van der Waals surface area contributed by atoms with Gasteiger partial charge in [-0.25, -0.2) is 18.4 Å². The van der Waals surface area contributed by atoms with Gasteiger partial charge in [-0.3, -0.25) is 14.5 Å². The normalized spacial score (nSPS) is 23.0. The van der Waals surface area contributed by atoms with Crippen LogP contribution in [0.3, 0.4) is 0 Å². The minimum Gasteiger partial charge on any atom is -0.356 e. The van der Waals surface area contributed by atoms with Crippen molar-refractivity contribution in [2.24, 2.45) is 25.9 Å². The van der Waals surface area contributed by atoms with Crippen LogP contribution in [0.1, 0.15) is 27.3 Å². The molecule has 15 heteroatoms. The van der Waals surface area contributed by atoms with E-state index in [9.17, 15) is 23.3 Å². The number of aromatic nitrogens is 4. The van der Waals surface area contributed by atoms with Crippen LogP contribution in [0.25, 0.3) is 0 Å². The van der Waals surface area contributed by atoms with E-state index in [0.717, 1.165) is 15.2 Å². The number of ketones is 1. The van der Waals surface area contributed by atoms with Gasteiger partial charge in [-0.1, -0.05) is 0 Å². The van der Waals surface area contributed by atoms with Gasteiger partial charge in [0.2, 0.25) is 0 Å². The number of aryl methyl sites for hydroxylation is 2. The monoisotopic (exact) mass is 720 g/mol. The van der Waals surface area contributed by atoms with E-state index < -0.39 is 15.6 Å². The number of imidazole rings is 2. The third kappa shape index (κ3) is 5.19. The Labute approximate surface area is 278 Å². The van der Waals surface area contributed by atoms with Crippen LogP contribution >= 0.6 is 27.3 Å². The summed E-state index contributed by atoms with van der Waals surface area (Å²) >= 11 is 4.52. The number of amides is 1. The van der Waals surface area contributed by atoms with E-state index in [1.807, 2.05) is 23.2 Å². The zero-order chi connectivity index (χ0) is 32.4. The van der Waals surface area contributed by atoms with Crippen molar-refractivity contribution in [1.29, 1.82) is 5.26 Å². The highest BCUT2D eigenvalue weighted by Crippen LogP contribution is 2.53. The molecule has 1 N–H and O–H groups in total. The van der Waals surface area contributed by atoms with Crippen molar-refractivity contribution in [2.75, 3.05) is 13.1 Å². The molecule has 236 valence electrons. The van der Waals surface area contributed by atoms with E-state index in [1.165, 1.54) is 21.7 Å². The van der Waals surface area contributed by atoms with Crippen LogP contribution in [0.2, 0.25) is 0 Å². The van der Waals surface area contributed by atoms with Crippen LogP contribution in [0, 0.1) is 23.2 Å². The topological polar surface area (TPSA) is 146 Å². The van der Waals surface area contributed by atoms with Crippen LogP contribution in [0.4, 0.5) is 0 Å². The minimum absolute atomic E-state index is 0.0819. The summed E-state index contributed by atoms with van der Waals surface area (Å²) in [5.41, 5.74) is 1.32. The number of fused-ring (bicyclic) bond motifs is 1. The third-order valence-corrected chi connectivity index (χ3v) is 13.1. The summed E-state index contributed by atoms with van der Waals surface area (Å²) in [4.78, 5) is 38.6. The van der Waals surface area contributed by atoms with Gasteiger partial charge >= 0.3 is 0 Å². The summed E-state index contributed by atoms with van der Waals surface area (Å²) < 4.78 is 33.0. The molecule has 3 fully saturated rings. The molecular weight excluding hydrogens is 692 g/mol. The van der Waals surface area contributed by atoms with E-state index in [-0.39, 0.29) is 46.9 Å². The molecular formula is C31H29BrN8O4S2. The van der Waals surface area contributed by atoms with Crippen LogP contribution in [0.5, 0.6) is 0 Å². The molecule has 1 aliphatic carbocycles. The molecule has 3 atom stereocenters. The Bertz CT molecular complexity index is 1990. The maximum Gasteiger partial charge on any atom is 0.254 e. The molecule has 4 aromatic rings. The lowest BCUT2D eigenvalue weighted by Gasteiger charge is -2.28. The number of piperidine rings is 1. The van der Waals surface area contributed by atoms with Crippen LogP contribution in [-0.4, -0.2) is 73.1 Å². The number of nitriles is 1.